The van der Waals surface area contributed by atoms with Crippen molar-refractivity contribution in [2.75, 3.05) is 5.75 Å². The lowest BCUT2D eigenvalue weighted by atomic mass is 10.0. The van der Waals surface area contributed by atoms with Crippen LogP contribution < -0.4 is 0 Å². The third kappa shape index (κ3) is 8.98. The zero-order valence-corrected chi connectivity index (χ0v) is 13.3. The van der Waals surface area contributed by atoms with Crippen LogP contribution in [0.3, 0.4) is 0 Å². The summed E-state index contributed by atoms with van der Waals surface area (Å²) in [5.74, 6) is -1.60. The van der Waals surface area contributed by atoms with Gasteiger partial charge in [-0.2, -0.15) is 0 Å². The first-order chi connectivity index (χ1) is 7.41. The fourth-order valence-electron chi connectivity index (χ4n) is 1.39. The molecule has 0 saturated carbocycles. The molecule has 0 aromatic carbocycles. The Morgan fingerprint density at radius 3 is 2.38 bits per heavy atom. The summed E-state index contributed by atoms with van der Waals surface area (Å²) < 4.78 is 11.8. The molecular formula is C11H25O2PS2. The monoisotopic (exact) mass is 284 g/mol. The fraction of sp³-hybridized carbons (Fsp3) is 1.00. The average molecular weight is 284 g/mol. The Hall–Kier alpha value is 0.890. The molecule has 16 heavy (non-hydrogen) atoms. The van der Waals surface area contributed by atoms with Crippen molar-refractivity contribution in [1.82, 2.24) is 0 Å². The van der Waals surface area contributed by atoms with E-state index in [1.54, 1.807) is 0 Å². The Kier molecular flexibility index (Phi) is 9.40. The van der Waals surface area contributed by atoms with Gasteiger partial charge < -0.3 is 4.89 Å². The summed E-state index contributed by atoms with van der Waals surface area (Å²) in [6.45, 7) is 8.27. The molecule has 0 aromatic heterocycles. The number of rotatable bonds is 9. The summed E-state index contributed by atoms with van der Waals surface area (Å²) >= 11 is 2.47. The molecular weight excluding hydrogens is 259 g/mol. The largest absolute Gasteiger partial charge is 0.329 e. The van der Waals surface area contributed by atoms with Crippen LogP contribution >= 0.6 is 28.5 Å². The Bertz CT molecular complexity index is 222. The molecule has 0 radical (unpaired) electrons. The lowest BCUT2D eigenvalue weighted by Gasteiger charge is -2.17. The topological polar surface area (TPSA) is 37.3 Å². The van der Waals surface area contributed by atoms with Crippen LogP contribution in [0.2, 0.25) is 0 Å². The van der Waals surface area contributed by atoms with Crippen LogP contribution in [0.4, 0.5) is 0 Å². The van der Waals surface area contributed by atoms with Crippen molar-refractivity contribution in [3.05, 3.63) is 0 Å². The molecule has 0 saturated heterocycles. The van der Waals surface area contributed by atoms with Gasteiger partial charge in [-0.05, 0) is 12.3 Å². The molecule has 0 fully saturated rings. The maximum Gasteiger partial charge on any atom is 0.310 e. The highest BCUT2D eigenvalue weighted by Gasteiger charge is 2.23. The molecule has 2 unspecified atom stereocenters. The Morgan fingerprint density at radius 2 is 1.94 bits per heavy atom. The van der Waals surface area contributed by atoms with E-state index in [2.05, 4.69) is 13.8 Å². The van der Waals surface area contributed by atoms with Crippen LogP contribution in [0, 0.1) is 5.92 Å². The smallest absolute Gasteiger partial charge is 0.310 e. The Morgan fingerprint density at radius 1 is 1.31 bits per heavy atom. The van der Waals surface area contributed by atoms with Gasteiger partial charge in [-0.3, -0.25) is 4.57 Å². The third-order valence-corrected chi connectivity index (χ3v) is 9.21. The fourth-order valence-corrected chi connectivity index (χ4v) is 8.41. The predicted molar refractivity (Wildman–Crippen MR) is 78.3 cm³/mol. The average Bonchev–Trinajstić information content (AvgIpc) is 2.16. The van der Waals surface area contributed by atoms with Crippen LogP contribution in [0.25, 0.3) is 0 Å². The molecule has 0 aliphatic carbocycles. The van der Waals surface area contributed by atoms with E-state index in [9.17, 15) is 9.46 Å². The highest BCUT2D eigenvalue weighted by molar-refractivity contribution is 8.89. The number of hydrogen-bond acceptors (Lipinski definition) is 3. The van der Waals surface area contributed by atoms with E-state index in [0.717, 1.165) is 12.2 Å². The minimum atomic E-state index is -3.01. The first-order valence-corrected chi connectivity index (χ1v) is 10.8. The van der Waals surface area contributed by atoms with Crippen LogP contribution in [-0.2, 0) is 4.57 Å². The van der Waals surface area contributed by atoms with Gasteiger partial charge in [0, 0.05) is 11.0 Å². The SMILES string of the molecule is CCCCC(CC)CSP(=O)(O)SC(C)C. The van der Waals surface area contributed by atoms with Crippen LogP contribution in [0.15, 0.2) is 0 Å². The van der Waals surface area contributed by atoms with Gasteiger partial charge in [0.1, 0.15) is 0 Å². The molecule has 0 spiro atoms. The van der Waals surface area contributed by atoms with Crippen LogP contribution in [-0.4, -0.2) is 15.9 Å². The van der Waals surface area contributed by atoms with Gasteiger partial charge in [0.05, 0.1) is 0 Å². The highest BCUT2D eigenvalue weighted by atomic mass is 33.1. The zero-order valence-electron chi connectivity index (χ0n) is 10.8. The normalized spacial score (nSPS) is 17.4. The van der Waals surface area contributed by atoms with Crippen LogP contribution in [0.1, 0.15) is 53.4 Å². The van der Waals surface area contributed by atoms with E-state index in [1.165, 1.54) is 42.0 Å². The molecule has 0 bridgehead atoms. The predicted octanol–water partition coefficient (Wildman–Crippen LogP) is 5.18. The van der Waals surface area contributed by atoms with Gasteiger partial charge in [0.15, 0.2) is 0 Å². The van der Waals surface area contributed by atoms with E-state index in [0.29, 0.717) is 5.92 Å². The van der Waals surface area contributed by atoms with E-state index in [4.69, 9.17) is 0 Å². The Labute approximate surface area is 108 Å². The maximum absolute atomic E-state index is 11.8. The van der Waals surface area contributed by atoms with Gasteiger partial charge >= 0.3 is 5.77 Å². The van der Waals surface area contributed by atoms with Crippen molar-refractivity contribution < 1.29 is 9.46 Å². The second kappa shape index (κ2) is 8.91. The molecule has 1 N–H and O–H groups in total. The summed E-state index contributed by atoms with van der Waals surface area (Å²) in [6, 6.07) is 0. The molecule has 0 rings (SSSR count). The molecule has 2 atom stereocenters. The summed E-state index contributed by atoms with van der Waals surface area (Å²) in [5, 5.41) is 0.221. The molecule has 98 valence electrons. The zero-order chi connectivity index (χ0) is 12.6. The second-order valence-electron chi connectivity index (χ2n) is 4.33. The van der Waals surface area contributed by atoms with E-state index in [1.807, 2.05) is 13.8 Å². The molecule has 0 aliphatic rings. The first-order valence-electron chi connectivity index (χ1n) is 6.07. The summed E-state index contributed by atoms with van der Waals surface area (Å²) in [5.41, 5.74) is 0. The highest BCUT2D eigenvalue weighted by Crippen LogP contribution is 2.67. The van der Waals surface area contributed by atoms with Gasteiger partial charge in [0.25, 0.3) is 0 Å². The number of hydrogen-bond donors (Lipinski definition) is 1. The van der Waals surface area contributed by atoms with Crippen LogP contribution in [0.5, 0.6) is 0 Å². The van der Waals surface area contributed by atoms with Crippen molar-refractivity contribution in [2.24, 2.45) is 5.92 Å². The van der Waals surface area contributed by atoms with E-state index in [-0.39, 0.29) is 5.25 Å². The van der Waals surface area contributed by atoms with Crippen molar-refractivity contribution in [2.45, 2.75) is 58.6 Å². The lowest BCUT2D eigenvalue weighted by Crippen LogP contribution is -2.02. The first kappa shape index (κ1) is 16.9. The third-order valence-electron chi connectivity index (χ3n) is 2.36. The van der Waals surface area contributed by atoms with Gasteiger partial charge in [0.2, 0.25) is 0 Å². The summed E-state index contributed by atoms with van der Waals surface area (Å²) in [6.07, 6.45) is 4.73. The standard InChI is InChI=1S/C11H25O2PS2/c1-5-7-8-11(6-2)9-15-14(12,13)16-10(3)4/h10-11H,5-9H2,1-4H3,(H,12,13). The van der Waals surface area contributed by atoms with Crippen molar-refractivity contribution in [3.63, 3.8) is 0 Å². The summed E-state index contributed by atoms with van der Waals surface area (Å²) in [4.78, 5) is 9.74. The van der Waals surface area contributed by atoms with Gasteiger partial charge in [-0.15, -0.1) is 0 Å². The van der Waals surface area contributed by atoms with Crippen molar-refractivity contribution in [3.8, 4) is 0 Å². The van der Waals surface area contributed by atoms with E-state index < -0.39 is 5.77 Å². The number of unbranched alkanes of at least 4 members (excludes halogenated alkanes) is 1. The lowest BCUT2D eigenvalue weighted by molar-refractivity contribution is 0.497. The molecule has 5 heteroatoms. The molecule has 2 nitrogen and oxygen atoms in total. The molecule has 0 amide bonds. The molecule has 0 aliphatic heterocycles. The second-order valence-corrected chi connectivity index (χ2v) is 12.1. The quantitative estimate of drug-likeness (QED) is 0.592. The minimum Gasteiger partial charge on any atom is -0.329 e. The van der Waals surface area contributed by atoms with Gasteiger partial charge in [-0.1, -0.05) is 69.7 Å². The minimum absolute atomic E-state index is 0.221. The van der Waals surface area contributed by atoms with Crippen molar-refractivity contribution >= 4 is 28.5 Å². The summed E-state index contributed by atoms with van der Waals surface area (Å²) in [7, 11) is 0. The van der Waals surface area contributed by atoms with Crippen molar-refractivity contribution in [1.29, 1.82) is 0 Å². The van der Waals surface area contributed by atoms with E-state index >= 15 is 0 Å². The Balaban J connectivity index is 3.94. The maximum atomic E-state index is 11.8. The van der Waals surface area contributed by atoms with Gasteiger partial charge in [-0.25, -0.2) is 0 Å². The molecule has 0 heterocycles. The molecule has 0 aromatic rings.